The van der Waals surface area contributed by atoms with Gasteiger partial charge in [0.25, 0.3) is 0 Å². The smallest absolute Gasteiger partial charge is 0.155 e. The number of nitrogens with zero attached hydrogens (tertiary/aromatic N) is 3. The number of hydrogen-bond donors (Lipinski definition) is 2. The number of methoxy groups -OCH3 is 1. The Kier molecular flexibility index (Phi) is 8.03. The van der Waals surface area contributed by atoms with E-state index < -0.39 is 0 Å². The highest BCUT2D eigenvalue weighted by Gasteiger charge is 2.32. The molecule has 1 fully saturated rings. The molecule has 3 N–H and O–H groups in total. The lowest BCUT2D eigenvalue weighted by atomic mass is 9.83. The second-order valence-corrected chi connectivity index (χ2v) is 7.76. The molecule has 7 nitrogen and oxygen atoms in total. The maximum absolute atomic E-state index is 9.30. The summed E-state index contributed by atoms with van der Waals surface area (Å²) in [4.78, 5) is 4.92. The third kappa shape index (κ3) is 5.56. The van der Waals surface area contributed by atoms with Gasteiger partial charge in [-0.1, -0.05) is 25.1 Å². The van der Waals surface area contributed by atoms with Gasteiger partial charge in [-0.15, -0.1) is 0 Å². The van der Waals surface area contributed by atoms with Gasteiger partial charge in [0.05, 0.1) is 13.2 Å². The van der Waals surface area contributed by atoms with Crippen molar-refractivity contribution >= 4 is 0 Å². The van der Waals surface area contributed by atoms with Crippen molar-refractivity contribution in [2.75, 3.05) is 20.3 Å². The Morgan fingerprint density at radius 2 is 2.10 bits per heavy atom. The van der Waals surface area contributed by atoms with Crippen molar-refractivity contribution in [3.05, 3.63) is 41.5 Å². The van der Waals surface area contributed by atoms with Crippen molar-refractivity contribution in [3.8, 4) is 5.75 Å². The van der Waals surface area contributed by atoms with Gasteiger partial charge in [-0.25, -0.2) is 9.67 Å². The molecule has 1 aromatic carbocycles. The van der Waals surface area contributed by atoms with E-state index in [-0.39, 0.29) is 24.7 Å². The molecule has 1 aliphatic carbocycles. The molecule has 29 heavy (non-hydrogen) atoms. The van der Waals surface area contributed by atoms with Gasteiger partial charge in [-0.05, 0) is 38.2 Å². The third-order valence-electron chi connectivity index (χ3n) is 5.56. The van der Waals surface area contributed by atoms with Crippen LogP contribution in [0.3, 0.4) is 0 Å². The fourth-order valence-electron chi connectivity index (χ4n) is 4.03. The zero-order valence-corrected chi connectivity index (χ0v) is 17.6. The number of aryl methyl sites for hydroxylation is 1. The predicted octanol–water partition coefficient (Wildman–Crippen LogP) is 2.65. The van der Waals surface area contributed by atoms with E-state index in [1.165, 1.54) is 0 Å². The number of benzene rings is 1. The summed E-state index contributed by atoms with van der Waals surface area (Å²) < 4.78 is 13.5. The largest absolute Gasteiger partial charge is 0.496 e. The zero-order valence-electron chi connectivity index (χ0n) is 17.6. The third-order valence-corrected chi connectivity index (χ3v) is 5.56. The molecule has 0 spiro atoms. The molecule has 1 saturated carbocycles. The molecular weight excluding hydrogens is 368 g/mol. The van der Waals surface area contributed by atoms with Crippen molar-refractivity contribution < 1.29 is 14.6 Å². The number of ether oxygens (including phenoxy) is 2. The van der Waals surface area contributed by atoms with E-state index in [2.05, 4.69) is 6.92 Å². The van der Waals surface area contributed by atoms with Crippen molar-refractivity contribution in [3.63, 3.8) is 0 Å². The Morgan fingerprint density at radius 1 is 1.28 bits per heavy atom. The molecule has 3 rings (SSSR count). The second kappa shape index (κ2) is 10.7. The molecule has 1 aromatic heterocycles. The Morgan fingerprint density at radius 3 is 2.86 bits per heavy atom. The Balaban J connectivity index is 1.81. The number of hydrogen-bond acceptors (Lipinski definition) is 6. The standard InChI is InChI=1S/C22H34N4O3/c1-3-13-29-20-14-17(9-10-18(20)23)22-24-21(25-26(22)11-6-12-27)15-16-7-4-5-8-19(16)28-2/h4-5,7-8,17-18,20,27H,3,6,9-15,23H2,1-2H3/t17-,18-,20-/m0/s1. The molecule has 160 valence electrons. The van der Waals surface area contributed by atoms with Gasteiger partial charge < -0.3 is 20.3 Å². The van der Waals surface area contributed by atoms with Crippen LogP contribution in [0.15, 0.2) is 24.3 Å². The first-order valence-corrected chi connectivity index (χ1v) is 10.7. The van der Waals surface area contributed by atoms with Crippen LogP contribution in [0.2, 0.25) is 0 Å². The van der Waals surface area contributed by atoms with Gasteiger partial charge >= 0.3 is 0 Å². The first-order chi connectivity index (χ1) is 14.2. The van der Waals surface area contributed by atoms with E-state index in [1.807, 2.05) is 28.9 Å². The van der Waals surface area contributed by atoms with Gasteiger partial charge in [0, 0.05) is 43.7 Å². The first-order valence-electron chi connectivity index (χ1n) is 10.7. The van der Waals surface area contributed by atoms with Crippen molar-refractivity contribution in [2.45, 2.75) is 70.1 Å². The number of aromatic nitrogens is 3. The number of aliphatic hydroxyl groups excluding tert-OH is 1. The van der Waals surface area contributed by atoms with Crippen LogP contribution < -0.4 is 10.5 Å². The molecule has 0 unspecified atom stereocenters. The minimum Gasteiger partial charge on any atom is -0.496 e. The molecule has 0 aliphatic heterocycles. The van der Waals surface area contributed by atoms with E-state index in [1.54, 1.807) is 7.11 Å². The lowest BCUT2D eigenvalue weighted by Crippen LogP contribution is -2.42. The van der Waals surface area contributed by atoms with Crippen molar-refractivity contribution in [1.82, 2.24) is 14.8 Å². The molecule has 7 heteroatoms. The molecule has 3 atom stereocenters. The van der Waals surface area contributed by atoms with Gasteiger partial charge in [-0.3, -0.25) is 0 Å². The van der Waals surface area contributed by atoms with E-state index in [4.69, 9.17) is 25.3 Å². The molecule has 0 saturated heterocycles. The van der Waals surface area contributed by atoms with Crippen LogP contribution in [0.25, 0.3) is 0 Å². The van der Waals surface area contributed by atoms with Crippen LogP contribution in [-0.2, 0) is 17.7 Å². The number of para-hydroxylation sites is 1. The summed E-state index contributed by atoms with van der Waals surface area (Å²) in [5, 5.41) is 14.1. The molecular formula is C22H34N4O3. The monoisotopic (exact) mass is 402 g/mol. The zero-order chi connectivity index (χ0) is 20.6. The fourth-order valence-corrected chi connectivity index (χ4v) is 4.03. The van der Waals surface area contributed by atoms with Gasteiger partial charge in [-0.2, -0.15) is 5.10 Å². The topological polar surface area (TPSA) is 95.4 Å². The first kappa shape index (κ1) is 21.7. The second-order valence-electron chi connectivity index (χ2n) is 7.76. The van der Waals surface area contributed by atoms with Crippen molar-refractivity contribution in [1.29, 1.82) is 0 Å². The van der Waals surface area contributed by atoms with Crippen LogP contribution in [0.5, 0.6) is 5.75 Å². The van der Waals surface area contributed by atoms with Gasteiger partial charge in [0.15, 0.2) is 5.82 Å². The van der Waals surface area contributed by atoms with E-state index in [9.17, 15) is 5.11 Å². The molecule has 2 aromatic rings. The van der Waals surface area contributed by atoms with E-state index >= 15 is 0 Å². The van der Waals surface area contributed by atoms with E-state index in [0.717, 1.165) is 55.3 Å². The Bertz CT molecular complexity index is 764. The summed E-state index contributed by atoms with van der Waals surface area (Å²) >= 11 is 0. The summed E-state index contributed by atoms with van der Waals surface area (Å²) in [6, 6.07) is 8.04. The molecule has 0 radical (unpaired) electrons. The summed E-state index contributed by atoms with van der Waals surface area (Å²) in [6.45, 7) is 3.65. The quantitative estimate of drug-likeness (QED) is 0.634. The minimum atomic E-state index is 0.0642. The summed E-state index contributed by atoms with van der Waals surface area (Å²) in [7, 11) is 1.68. The molecule has 1 heterocycles. The van der Waals surface area contributed by atoms with Gasteiger partial charge in [0.2, 0.25) is 0 Å². The van der Waals surface area contributed by atoms with Crippen LogP contribution in [-0.4, -0.2) is 52.3 Å². The number of nitrogens with two attached hydrogens (primary N) is 1. The normalized spacial score (nSPS) is 22.0. The maximum Gasteiger partial charge on any atom is 0.155 e. The highest BCUT2D eigenvalue weighted by atomic mass is 16.5. The summed E-state index contributed by atoms with van der Waals surface area (Å²) in [5.41, 5.74) is 7.37. The highest BCUT2D eigenvalue weighted by Crippen LogP contribution is 2.33. The summed E-state index contributed by atoms with van der Waals surface area (Å²) in [5.74, 6) is 2.88. The average molecular weight is 403 g/mol. The lowest BCUT2D eigenvalue weighted by Gasteiger charge is -2.33. The number of rotatable bonds is 10. The molecule has 0 bridgehead atoms. The van der Waals surface area contributed by atoms with Crippen LogP contribution >= 0.6 is 0 Å². The SMILES string of the molecule is CCCO[C@H]1C[C@@H](c2nc(Cc3ccccc3OC)nn2CCCO)CC[C@@H]1N. The fraction of sp³-hybridized carbons (Fsp3) is 0.636. The van der Waals surface area contributed by atoms with Crippen molar-refractivity contribution in [2.24, 2.45) is 5.73 Å². The minimum absolute atomic E-state index is 0.0642. The highest BCUT2D eigenvalue weighted by molar-refractivity contribution is 5.35. The van der Waals surface area contributed by atoms with Crippen LogP contribution in [0.1, 0.15) is 62.2 Å². The predicted molar refractivity (Wildman–Crippen MR) is 112 cm³/mol. The molecule has 0 amide bonds. The maximum atomic E-state index is 9.30. The average Bonchev–Trinajstić information content (AvgIpc) is 3.14. The lowest BCUT2D eigenvalue weighted by molar-refractivity contribution is 0.00858. The summed E-state index contributed by atoms with van der Waals surface area (Å²) in [6.07, 6.45) is 5.11. The number of aliphatic hydroxyl groups is 1. The van der Waals surface area contributed by atoms with Crippen LogP contribution in [0, 0.1) is 0 Å². The van der Waals surface area contributed by atoms with Gasteiger partial charge in [0.1, 0.15) is 11.6 Å². The van der Waals surface area contributed by atoms with Crippen LogP contribution in [0.4, 0.5) is 0 Å². The Labute approximate surface area is 173 Å². The van der Waals surface area contributed by atoms with E-state index in [0.29, 0.717) is 19.4 Å². The molecule has 1 aliphatic rings. The Hall–Kier alpha value is -1.96.